The van der Waals surface area contributed by atoms with Crippen molar-refractivity contribution in [2.45, 2.75) is 19.4 Å². The van der Waals surface area contributed by atoms with Gasteiger partial charge in [0.25, 0.3) is 5.69 Å². The van der Waals surface area contributed by atoms with Gasteiger partial charge in [-0.3, -0.25) is 15.0 Å². The number of rotatable bonds is 3. The Morgan fingerprint density at radius 2 is 2.05 bits per heavy atom. The quantitative estimate of drug-likeness (QED) is 0.673. The van der Waals surface area contributed by atoms with Crippen LogP contribution in [-0.4, -0.2) is 55.1 Å². The van der Waals surface area contributed by atoms with Crippen molar-refractivity contribution in [1.29, 1.82) is 0 Å². The van der Waals surface area contributed by atoms with Gasteiger partial charge in [-0.05, 0) is 25.0 Å². The van der Waals surface area contributed by atoms with Crippen molar-refractivity contribution in [3.8, 4) is 0 Å². The molecule has 1 unspecified atom stereocenters. The summed E-state index contributed by atoms with van der Waals surface area (Å²) in [5, 5.41) is 14.6. The minimum Gasteiger partial charge on any atom is -0.364 e. The summed E-state index contributed by atoms with van der Waals surface area (Å²) in [5.41, 5.74) is 1.93. The molecule has 6 heteroatoms. The number of nitro groups is 1. The Morgan fingerprint density at radius 3 is 2.76 bits per heavy atom. The van der Waals surface area contributed by atoms with Gasteiger partial charge in [-0.15, -0.1) is 0 Å². The monoisotopic (exact) mass is 290 g/mol. The molecule has 0 saturated carbocycles. The first kappa shape index (κ1) is 14.3. The van der Waals surface area contributed by atoms with Crippen LogP contribution in [0.4, 0.5) is 11.4 Å². The van der Waals surface area contributed by atoms with Gasteiger partial charge in [0.1, 0.15) is 5.69 Å². The van der Waals surface area contributed by atoms with Gasteiger partial charge >= 0.3 is 0 Å². The summed E-state index contributed by atoms with van der Waals surface area (Å²) in [6.45, 7) is 7.93. The van der Waals surface area contributed by atoms with E-state index in [9.17, 15) is 10.1 Å². The van der Waals surface area contributed by atoms with Crippen LogP contribution in [0.15, 0.2) is 18.2 Å². The van der Waals surface area contributed by atoms with Crippen molar-refractivity contribution in [1.82, 2.24) is 10.2 Å². The molecule has 2 aliphatic heterocycles. The highest BCUT2D eigenvalue weighted by molar-refractivity contribution is 5.64. The maximum Gasteiger partial charge on any atom is 0.292 e. The minimum absolute atomic E-state index is 0.232. The maximum absolute atomic E-state index is 11.3. The van der Waals surface area contributed by atoms with Crippen LogP contribution in [0.2, 0.25) is 0 Å². The minimum atomic E-state index is -0.263. The zero-order valence-electron chi connectivity index (χ0n) is 12.4. The average molecular weight is 290 g/mol. The van der Waals surface area contributed by atoms with Crippen molar-refractivity contribution in [3.05, 3.63) is 33.9 Å². The summed E-state index contributed by atoms with van der Waals surface area (Å²) in [4.78, 5) is 15.7. The lowest BCUT2D eigenvalue weighted by Crippen LogP contribution is -2.49. The lowest BCUT2D eigenvalue weighted by atomic mass is 10.2. The number of nitrogens with one attached hydrogen (secondary N) is 1. The molecule has 0 spiro atoms. The molecule has 2 fully saturated rings. The summed E-state index contributed by atoms with van der Waals surface area (Å²) in [6.07, 6.45) is 1.09. The zero-order chi connectivity index (χ0) is 14.8. The van der Waals surface area contributed by atoms with Crippen LogP contribution in [0.1, 0.15) is 12.0 Å². The second-order valence-electron chi connectivity index (χ2n) is 5.92. The lowest BCUT2D eigenvalue weighted by molar-refractivity contribution is -0.384. The van der Waals surface area contributed by atoms with Crippen molar-refractivity contribution in [2.24, 2.45) is 0 Å². The van der Waals surface area contributed by atoms with Crippen LogP contribution in [-0.2, 0) is 0 Å². The number of aryl methyl sites for hydroxylation is 1. The fourth-order valence-electron chi connectivity index (χ4n) is 3.35. The van der Waals surface area contributed by atoms with Crippen molar-refractivity contribution in [3.63, 3.8) is 0 Å². The molecular formula is C15H22N4O2. The highest BCUT2D eigenvalue weighted by atomic mass is 16.6. The Morgan fingerprint density at radius 1 is 1.29 bits per heavy atom. The summed E-state index contributed by atoms with van der Waals surface area (Å²) in [5.74, 6) is 0. The number of hydrogen-bond donors (Lipinski definition) is 1. The molecular weight excluding hydrogens is 268 g/mol. The number of nitrogens with zero attached hydrogens (tertiary/aromatic N) is 3. The van der Waals surface area contributed by atoms with Gasteiger partial charge in [-0.2, -0.15) is 0 Å². The van der Waals surface area contributed by atoms with E-state index >= 15 is 0 Å². The molecule has 0 aliphatic carbocycles. The smallest absolute Gasteiger partial charge is 0.292 e. The molecule has 1 N–H and O–H groups in total. The average Bonchev–Trinajstić information content (AvgIpc) is 2.97. The van der Waals surface area contributed by atoms with E-state index in [4.69, 9.17) is 0 Å². The van der Waals surface area contributed by atoms with Gasteiger partial charge < -0.3 is 10.2 Å². The largest absolute Gasteiger partial charge is 0.364 e. The Bertz CT molecular complexity index is 528. The third kappa shape index (κ3) is 3.01. The molecule has 2 saturated heterocycles. The predicted molar refractivity (Wildman–Crippen MR) is 82.9 cm³/mol. The number of hydrogen-bond acceptors (Lipinski definition) is 5. The van der Waals surface area contributed by atoms with Gasteiger partial charge in [0.05, 0.1) is 4.92 Å². The van der Waals surface area contributed by atoms with E-state index in [1.54, 1.807) is 6.07 Å². The normalized spacial score (nSPS) is 23.5. The van der Waals surface area contributed by atoms with E-state index in [0.29, 0.717) is 6.04 Å². The molecule has 2 heterocycles. The van der Waals surface area contributed by atoms with Crippen LogP contribution in [0.5, 0.6) is 0 Å². The van der Waals surface area contributed by atoms with E-state index in [0.717, 1.165) is 56.9 Å². The van der Waals surface area contributed by atoms with Crippen molar-refractivity contribution < 1.29 is 4.92 Å². The summed E-state index contributed by atoms with van der Waals surface area (Å²) in [7, 11) is 0. The van der Waals surface area contributed by atoms with E-state index < -0.39 is 0 Å². The maximum atomic E-state index is 11.3. The predicted octanol–water partition coefficient (Wildman–Crippen LogP) is 1.39. The second-order valence-corrected chi connectivity index (χ2v) is 5.92. The Labute approximate surface area is 124 Å². The molecule has 2 aliphatic rings. The first-order valence-corrected chi connectivity index (χ1v) is 7.60. The van der Waals surface area contributed by atoms with Gasteiger partial charge in [-0.25, -0.2) is 0 Å². The molecule has 0 amide bonds. The summed E-state index contributed by atoms with van der Waals surface area (Å²) < 4.78 is 0. The molecule has 6 nitrogen and oxygen atoms in total. The number of benzene rings is 1. The first-order chi connectivity index (χ1) is 10.1. The second kappa shape index (κ2) is 5.99. The van der Waals surface area contributed by atoms with Crippen LogP contribution in [0, 0.1) is 17.0 Å². The van der Waals surface area contributed by atoms with Crippen molar-refractivity contribution in [2.75, 3.05) is 44.2 Å². The zero-order valence-corrected chi connectivity index (χ0v) is 12.4. The van der Waals surface area contributed by atoms with E-state index in [1.165, 1.54) is 0 Å². The first-order valence-electron chi connectivity index (χ1n) is 7.60. The van der Waals surface area contributed by atoms with Crippen LogP contribution in [0.25, 0.3) is 0 Å². The van der Waals surface area contributed by atoms with Crippen LogP contribution >= 0.6 is 0 Å². The highest BCUT2D eigenvalue weighted by Gasteiger charge is 2.31. The van der Waals surface area contributed by atoms with Gasteiger partial charge in [-0.1, -0.05) is 6.07 Å². The molecule has 114 valence electrons. The standard InChI is InChI=1S/C15H22N4O2/c1-12-2-3-14(15(10-12)19(20)21)18-7-4-13(11-18)17-8-5-16-6-9-17/h2-3,10,13,16H,4-9,11H2,1H3. The molecule has 1 atom stereocenters. The highest BCUT2D eigenvalue weighted by Crippen LogP contribution is 2.32. The molecule has 0 bridgehead atoms. The van der Waals surface area contributed by atoms with Gasteiger partial charge in [0, 0.05) is 51.4 Å². The third-order valence-electron chi connectivity index (χ3n) is 4.50. The van der Waals surface area contributed by atoms with E-state index in [-0.39, 0.29) is 10.6 Å². The van der Waals surface area contributed by atoms with Crippen molar-refractivity contribution >= 4 is 11.4 Å². The lowest BCUT2D eigenvalue weighted by Gasteiger charge is -2.32. The Hall–Kier alpha value is -1.66. The van der Waals surface area contributed by atoms with Gasteiger partial charge in [0.2, 0.25) is 0 Å². The molecule has 0 aromatic heterocycles. The number of nitro benzene ring substituents is 1. The fraction of sp³-hybridized carbons (Fsp3) is 0.600. The SMILES string of the molecule is Cc1ccc(N2CCC(N3CCNCC3)C2)c([N+](=O)[O-])c1. The molecule has 21 heavy (non-hydrogen) atoms. The number of anilines is 1. The Balaban J connectivity index is 1.75. The molecule has 0 radical (unpaired) electrons. The van der Waals surface area contributed by atoms with Crippen LogP contribution < -0.4 is 10.2 Å². The summed E-state index contributed by atoms with van der Waals surface area (Å²) >= 11 is 0. The topological polar surface area (TPSA) is 61.6 Å². The summed E-state index contributed by atoms with van der Waals surface area (Å²) in [6, 6.07) is 6.05. The number of piperazine rings is 1. The van der Waals surface area contributed by atoms with E-state index in [1.807, 2.05) is 19.1 Å². The fourth-order valence-corrected chi connectivity index (χ4v) is 3.35. The van der Waals surface area contributed by atoms with Crippen LogP contribution in [0.3, 0.4) is 0 Å². The molecule has 1 aromatic rings. The van der Waals surface area contributed by atoms with E-state index in [2.05, 4.69) is 15.1 Å². The Kier molecular flexibility index (Phi) is 4.07. The third-order valence-corrected chi connectivity index (χ3v) is 4.50. The van der Waals surface area contributed by atoms with Gasteiger partial charge in [0.15, 0.2) is 0 Å². The molecule has 1 aromatic carbocycles. The molecule has 3 rings (SSSR count).